The Morgan fingerprint density at radius 3 is 2.86 bits per heavy atom. The van der Waals surface area contributed by atoms with E-state index in [9.17, 15) is 4.39 Å². The van der Waals surface area contributed by atoms with Crippen LogP contribution in [0.25, 0.3) is 10.6 Å². The largest absolute Gasteiger partial charge is 0.380 e. The van der Waals surface area contributed by atoms with Crippen molar-refractivity contribution >= 4 is 17.2 Å². The number of nitrogen functional groups attached to an aromatic ring is 1. The second kappa shape index (κ2) is 3.42. The van der Waals surface area contributed by atoms with Gasteiger partial charge in [0.05, 0.1) is 4.88 Å². The van der Waals surface area contributed by atoms with Crippen molar-refractivity contribution in [3.63, 3.8) is 0 Å². The molecule has 0 spiro atoms. The van der Waals surface area contributed by atoms with Gasteiger partial charge in [0.1, 0.15) is 5.69 Å². The van der Waals surface area contributed by atoms with Crippen LogP contribution in [0, 0.1) is 5.82 Å². The van der Waals surface area contributed by atoms with Gasteiger partial charge in [-0.05, 0) is 18.6 Å². The molecule has 0 radical (unpaired) electrons. The smallest absolute Gasteiger partial charge is 0.193 e. The zero-order chi connectivity index (χ0) is 10.1. The first kappa shape index (κ1) is 9.21. The van der Waals surface area contributed by atoms with Crippen LogP contribution in [0.2, 0.25) is 0 Å². The SMILES string of the molecule is CCc1ccc(-c2[nH]nc(N)c2F)s1. The summed E-state index contributed by atoms with van der Waals surface area (Å²) in [5.74, 6) is -0.541. The summed E-state index contributed by atoms with van der Waals surface area (Å²) < 4.78 is 13.3. The number of halogens is 1. The predicted molar refractivity (Wildman–Crippen MR) is 55.6 cm³/mol. The van der Waals surface area contributed by atoms with E-state index in [1.54, 1.807) is 11.3 Å². The van der Waals surface area contributed by atoms with Gasteiger partial charge in [-0.25, -0.2) is 4.39 Å². The molecular formula is C9H10FN3S. The molecule has 0 aliphatic carbocycles. The molecule has 2 aromatic rings. The highest BCUT2D eigenvalue weighted by Crippen LogP contribution is 2.30. The van der Waals surface area contributed by atoms with Crippen LogP contribution < -0.4 is 5.73 Å². The Bertz CT molecular complexity index is 447. The first-order valence-electron chi connectivity index (χ1n) is 4.30. The molecule has 0 aliphatic heterocycles. The second-order valence-corrected chi connectivity index (χ2v) is 4.09. The van der Waals surface area contributed by atoms with E-state index < -0.39 is 5.82 Å². The van der Waals surface area contributed by atoms with Gasteiger partial charge < -0.3 is 5.73 Å². The number of nitrogens with two attached hydrogens (primary N) is 1. The summed E-state index contributed by atoms with van der Waals surface area (Å²) in [6.45, 7) is 2.06. The minimum atomic E-state index is -0.463. The normalized spacial score (nSPS) is 10.7. The first-order valence-corrected chi connectivity index (χ1v) is 5.12. The average Bonchev–Trinajstić information content (AvgIpc) is 2.75. The van der Waals surface area contributed by atoms with Crippen molar-refractivity contribution in [2.45, 2.75) is 13.3 Å². The average molecular weight is 211 g/mol. The Balaban J connectivity index is 2.44. The van der Waals surface area contributed by atoms with Gasteiger partial charge in [0.25, 0.3) is 0 Å². The lowest BCUT2D eigenvalue weighted by Gasteiger charge is -1.90. The summed E-state index contributed by atoms with van der Waals surface area (Å²) in [5.41, 5.74) is 5.69. The van der Waals surface area contributed by atoms with E-state index in [4.69, 9.17) is 5.73 Å². The van der Waals surface area contributed by atoms with Crippen LogP contribution in [0.4, 0.5) is 10.2 Å². The Hall–Kier alpha value is -1.36. The van der Waals surface area contributed by atoms with Crippen LogP contribution in [0.5, 0.6) is 0 Å². The summed E-state index contributed by atoms with van der Waals surface area (Å²) >= 11 is 1.55. The summed E-state index contributed by atoms with van der Waals surface area (Å²) in [7, 11) is 0. The van der Waals surface area contributed by atoms with E-state index in [-0.39, 0.29) is 5.82 Å². The van der Waals surface area contributed by atoms with Gasteiger partial charge in [-0.2, -0.15) is 5.10 Å². The number of H-pyrrole nitrogens is 1. The lowest BCUT2D eigenvalue weighted by atomic mass is 10.3. The Kier molecular flexibility index (Phi) is 2.25. The predicted octanol–water partition coefficient (Wildman–Crippen LogP) is 2.42. The molecule has 2 rings (SSSR count). The molecule has 0 aliphatic rings. The molecule has 0 aromatic carbocycles. The number of aryl methyl sites for hydroxylation is 1. The minimum absolute atomic E-state index is 0.0774. The maximum atomic E-state index is 13.3. The molecule has 3 nitrogen and oxygen atoms in total. The fraction of sp³-hybridized carbons (Fsp3) is 0.222. The van der Waals surface area contributed by atoms with Crippen LogP contribution in [-0.2, 0) is 6.42 Å². The summed E-state index contributed by atoms with van der Waals surface area (Å²) in [4.78, 5) is 2.05. The molecule has 2 heterocycles. The van der Waals surface area contributed by atoms with E-state index >= 15 is 0 Å². The van der Waals surface area contributed by atoms with Gasteiger partial charge in [0.2, 0.25) is 0 Å². The number of anilines is 1. The van der Waals surface area contributed by atoms with Crippen molar-refractivity contribution in [1.82, 2.24) is 10.2 Å². The number of rotatable bonds is 2. The van der Waals surface area contributed by atoms with Gasteiger partial charge in [0, 0.05) is 4.88 Å². The zero-order valence-electron chi connectivity index (χ0n) is 7.67. The molecule has 14 heavy (non-hydrogen) atoms. The molecule has 0 atom stereocenters. The summed E-state index contributed by atoms with van der Waals surface area (Å²) in [6.07, 6.45) is 0.954. The number of hydrogen-bond acceptors (Lipinski definition) is 3. The second-order valence-electron chi connectivity index (χ2n) is 2.92. The van der Waals surface area contributed by atoms with E-state index in [2.05, 4.69) is 17.1 Å². The van der Waals surface area contributed by atoms with E-state index in [0.717, 1.165) is 11.3 Å². The van der Waals surface area contributed by atoms with Crippen LogP contribution in [0.15, 0.2) is 12.1 Å². The Morgan fingerprint density at radius 2 is 2.36 bits per heavy atom. The molecule has 74 valence electrons. The van der Waals surface area contributed by atoms with E-state index in [1.165, 1.54) is 4.88 Å². The summed E-state index contributed by atoms with van der Waals surface area (Å²) in [5, 5.41) is 6.20. The lowest BCUT2D eigenvalue weighted by molar-refractivity contribution is 0.637. The zero-order valence-corrected chi connectivity index (χ0v) is 8.49. The number of aromatic amines is 1. The molecule has 0 fully saturated rings. The van der Waals surface area contributed by atoms with Crippen molar-refractivity contribution in [1.29, 1.82) is 0 Å². The molecule has 0 saturated heterocycles. The maximum absolute atomic E-state index is 13.3. The Labute approximate surface area is 84.8 Å². The standard InChI is InChI=1S/C9H10FN3S/c1-2-5-3-4-6(14-5)8-7(10)9(11)13-12-8/h3-4H,2H2,1H3,(H3,11,12,13). The third-order valence-electron chi connectivity index (χ3n) is 1.99. The molecule has 3 N–H and O–H groups in total. The maximum Gasteiger partial charge on any atom is 0.193 e. The molecule has 0 amide bonds. The Morgan fingerprint density at radius 1 is 1.57 bits per heavy atom. The molecule has 0 saturated carbocycles. The highest BCUT2D eigenvalue weighted by molar-refractivity contribution is 7.15. The van der Waals surface area contributed by atoms with Crippen molar-refractivity contribution in [2.24, 2.45) is 0 Å². The van der Waals surface area contributed by atoms with Gasteiger partial charge in [-0.15, -0.1) is 11.3 Å². The molecule has 0 bridgehead atoms. The number of hydrogen-bond donors (Lipinski definition) is 2. The van der Waals surface area contributed by atoms with Crippen molar-refractivity contribution in [3.05, 3.63) is 22.8 Å². The van der Waals surface area contributed by atoms with Crippen LogP contribution >= 0.6 is 11.3 Å². The van der Waals surface area contributed by atoms with Gasteiger partial charge in [-0.1, -0.05) is 6.92 Å². The fourth-order valence-electron chi connectivity index (χ4n) is 1.21. The highest BCUT2D eigenvalue weighted by Gasteiger charge is 2.13. The minimum Gasteiger partial charge on any atom is -0.380 e. The number of nitrogens with zero attached hydrogens (tertiary/aromatic N) is 1. The van der Waals surface area contributed by atoms with Crippen LogP contribution in [-0.4, -0.2) is 10.2 Å². The molecule has 5 heteroatoms. The van der Waals surface area contributed by atoms with E-state index in [1.807, 2.05) is 12.1 Å². The number of thiophene rings is 1. The van der Waals surface area contributed by atoms with Gasteiger partial charge in [0.15, 0.2) is 11.6 Å². The monoisotopic (exact) mass is 211 g/mol. The van der Waals surface area contributed by atoms with Crippen LogP contribution in [0.1, 0.15) is 11.8 Å². The number of aromatic nitrogens is 2. The third-order valence-corrected chi connectivity index (χ3v) is 3.24. The summed E-state index contributed by atoms with van der Waals surface area (Å²) in [6, 6.07) is 3.86. The highest BCUT2D eigenvalue weighted by atomic mass is 32.1. The quantitative estimate of drug-likeness (QED) is 0.801. The molecule has 0 unspecified atom stereocenters. The third kappa shape index (κ3) is 1.39. The number of nitrogens with one attached hydrogen (secondary N) is 1. The fourth-order valence-corrected chi connectivity index (χ4v) is 2.14. The van der Waals surface area contributed by atoms with Gasteiger partial charge in [-0.3, -0.25) is 5.10 Å². The van der Waals surface area contributed by atoms with Gasteiger partial charge >= 0.3 is 0 Å². The lowest BCUT2D eigenvalue weighted by Crippen LogP contribution is -1.86. The van der Waals surface area contributed by atoms with Crippen LogP contribution in [0.3, 0.4) is 0 Å². The van der Waals surface area contributed by atoms with Crippen molar-refractivity contribution in [2.75, 3.05) is 5.73 Å². The molecular weight excluding hydrogens is 201 g/mol. The first-order chi connectivity index (χ1) is 6.72. The van der Waals surface area contributed by atoms with Crippen molar-refractivity contribution < 1.29 is 4.39 Å². The van der Waals surface area contributed by atoms with E-state index in [0.29, 0.717) is 5.69 Å². The topological polar surface area (TPSA) is 54.7 Å². The molecule has 2 aromatic heterocycles. The van der Waals surface area contributed by atoms with Crippen molar-refractivity contribution in [3.8, 4) is 10.6 Å².